The van der Waals surface area contributed by atoms with Gasteiger partial charge in [0.05, 0.1) is 10.7 Å². The summed E-state index contributed by atoms with van der Waals surface area (Å²) in [5.74, 6) is 0.844. The molecule has 13 heavy (non-hydrogen) atoms. The van der Waals surface area contributed by atoms with E-state index >= 15 is 0 Å². The van der Waals surface area contributed by atoms with Crippen molar-refractivity contribution >= 4 is 24.0 Å². The zero-order valence-electron chi connectivity index (χ0n) is 8.34. The normalized spacial score (nSPS) is 10.7. The lowest BCUT2D eigenvalue weighted by Crippen LogP contribution is -1.88. The quantitative estimate of drug-likeness (QED) is 0.742. The molecule has 1 nitrogen and oxygen atoms in total. The number of aryl methyl sites for hydroxylation is 2. The van der Waals surface area contributed by atoms with E-state index in [1.54, 1.807) is 0 Å². The van der Waals surface area contributed by atoms with Gasteiger partial charge < -0.3 is 0 Å². The third-order valence-electron chi connectivity index (χ3n) is 1.92. The molecule has 0 saturated carbocycles. The summed E-state index contributed by atoms with van der Waals surface area (Å²) >= 11 is 6.16. The summed E-state index contributed by atoms with van der Waals surface area (Å²) in [7, 11) is 0. The molecular weight excluding hydrogens is 198 g/mol. The summed E-state index contributed by atoms with van der Waals surface area (Å²) in [6.07, 6.45) is 4.59. The van der Waals surface area contributed by atoms with Crippen molar-refractivity contribution in [1.29, 1.82) is 0 Å². The maximum Gasteiger partial charge on any atom is 0.0931 e. The number of nitrogens with zero attached hydrogens (tertiary/aromatic N) is 1. The van der Waals surface area contributed by atoms with Gasteiger partial charge in [0, 0.05) is 10.6 Å². The van der Waals surface area contributed by atoms with Crippen LogP contribution in [0.2, 0.25) is 0 Å². The van der Waals surface area contributed by atoms with Gasteiger partial charge in [0.15, 0.2) is 0 Å². The summed E-state index contributed by atoms with van der Waals surface area (Å²) in [6, 6.07) is 0. The first kappa shape index (κ1) is 11.1. The van der Waals surface area contributed by atoms with Crippen molar-refractivity contribution in [2.45, 2.75) is 45.3 Å². The monoisotopic (exact) mass is 215 g/mol. The summed E-state index contributed by atoms with van der Waals surface area (Å²) < 4.78 is 0. The molecule has 0 saturated heterocycles. The van der Waals surface area contributed by atoms with E-state index in [2.05, 4.69) is 31.5 Å². The van der Waals surface area contributed by atoms with Crippen molar-refractivity contribution in [1.82, 2.24) is 4.98 Å². The lowest BCUT2D eigenvalue weighted by molar-refractivity contribution is 0.852. The molecule has 74 valence electrons. The van der Waals surface area contributed by atoms with Gasteiger partial charge >= 0.3 is 0 Å². The first-order valence-corrected chi connectivity index (χ1v) is 6.35. The fourth-order valence-corrected chi connectivity index (χ4v) is 2.77. The topological polar surface area (TPSA) is 12.9 Å². The zero-order chi connectivity index (χ0) is 9.68. The third kappa shape index (κ3) is 2.99. The molecule has 0 atom stereocenters. The molecule has 0 bridgehead atoms. The first-order valence-electron chi connectivity index (χ1n) is 4.90. The summed E-state index contributed by atoms with van der Waals surface area (Å²) in [4.78, 5) is 6.00. The Kier molecular flexibility index (Phi) is 4.81. The number of hydrogen-bond acceptors (Lipinski definition) is 3. The first-order chi connectivity index (χ1) is 6.31. The SMILES string of the molecule is CCCc1nc(CCC)c(CS)s1. The van der Waals surface area contributed by atoms with E-state index in [9.17, 15) is 0 Å². The average molecular weight is 215 g/mol. The van der Waals surface area contributed by atoms with Crippen molar-refractivity contribution in [3.8, 4) is 0 Å². The van der Waals surface area contributed by atoms with Crippen molar-refractivity contribution in [3.63, 3.8) is 0 Å². The second kappa shape index (κ2) is 5.66. The predicted molar refractivity (Wildman–Crippen MR) is 62.8 cm³/mol. The Morgan fingerprint density at radius 3 is 2.46 bits per heavy atom. The molecule has 1 aromatic heterocycles. The van der Waals surface area contributed by atoms with Crippen LogP contribution in [-0.2, 0) is 18.6 Å². The fourth-order valence-electron chi connectivity index (χ4n) is 1.31. The molecule has 0 aliphatic heterocycles. The van der Waals surface area contributed by atoms with Crippen LogP contribution in [0.1, 0.15) is 42.3 Å². The van der Waals surface area contributed by atoms with Gasteiger partial charge in [0.25, 0.3) is 0 Å². The molecule has 1 aromatic rings. The highest BCUT2D eigenvalue weighted by molar-refractivity contribution is 7.79. The van der Waals surface area contributed by atoms with Crippen molar-refractivity contribution in [2.75, 3.05) is 0 Å². The predicted octanol–water partition coefficient (Wildman–Crippen LogP) is 3.48. The van der Waals surface area contributed by atoms with Crippen LogP contribution >= 0.6 is 24.0 Å². The van der Waals surface area contributed by atoms with E-state index in [4.69, 9.17) is 0 Å². The summed E-state index contributed by atoms with van der Waals surface area (Å²) in [5.41, 5.74) is 1.28. The molecule has 0 fully saturated rings. The molecule has 3 heteroatoms. The molecule has 0 amide bonds. The Morgan fingerprint density at radius 2 is 1.92 bits per heavy atom. The van der Waals surface area contributed by atoms with Crippen LogP contribution in [0.5, 0.6) is 0 Å². The largest absolute Gasteiger partial charge is 0.246 e. The van der Waals surface area contributed by atoms with Gasteiger partial charge in [-0.05, 0) is 19.3 Å². The molecule has 1 heterocycles. The van der Waals surface area contributed by atoms with Gasteiger partial charge in [0.1, 0.15) is 0 Å². The van der Waals surface area contributed by atoms with E-state index in [1.165, 1.54) is 28.4 Å². The smallest absolute Gasteiger partial charge is 0.0931 e. The highest BCUT2D eigenvalue weighted by atomic mass is 32.1. The van der Waals surface area contributed by atoms with Crippen LogP contribution in [0.15, 0.2) is 0 Å². The minimum Gasteiger partial charge on any atom is -0.246 e. The Morgan fingerprint density at radius 1 is 1.23 bits per heavy atom. The van der Waals surface area contributed by atoms with Gasteiger partial charge in [-0.3, -0.25) is 0 Å². The van der Waals surface area contributed by atoms with Gasteiger partial charge in [0.2, 0.25) is 0 Å². The van der Waals surface area contributed by atoms with Gasteiger partial charge in [-0.1, -0.05) is 20.3 Å². The summed E-state index contributed by atoms with van der Waals surface area (Å²) in [6.45, 7) is 4.39. The highest BCUT2D eigenvalue weighted by Gasteiger charge is 2.07. The molecule has 1 rings (SSSR count). The lowest BCUT2D eigenvalue weighted by atomic mass is 10.2. The molecule has 0 spiro atoms. The minimum absolute atomic E-state index is 0.844. The molecule has 0 radical (unpaired) electrons. The van der Waals surface area contributed by atoms with Gasteiger partial charge in [-0.2, -0.15) is 12.6 Å². The molecular formula is C10H17NS2. The Balaban J connectivity index is 2.77. The molecule has 0 N–H and O–H groups in total. The standard InChI is InChI=1S/C10H17NS2/c1-3-5-8-9(7-12)13-10(11-8)6-4-2/h12H,3-7H2,1-2H3. The second-order valence-corrected chi connectivity index (χ2v) is 4.62. The van der Waals surface area contributed by atoms with E-state index in [-0.39, 0.29) is 0 Å². The van der Waals surface area contributed by atoms with E-state index < -0.39 is 0 Å². The van der Waals surface area contributed by atoms with Crippen molar-refractivity contribution < 1.29 is 0 Å². The highest BCUT2D eigenvalue weighted by Crippen LogP contribution is 2.22. The third-order valence-corrected chi connectivity index (χ3v) is 3.60. The average Bonchev–Trinajstić information content (AvgIpc) is 2.49. The van der Waals surface area contributed by atoms with Crippen LogP contribution in [-0.4, -0.2) is 4.98 Å². The van der Waals surface area contributed by atoms with Crippen LogP contribution in [0, 0.1) is 0 Å². The minimum atomic E-state index is 0.844. The molecule has 0 aromatic carbocycles. The number of thiol groups is 1. The van der Waals surface area contributed by atoms with Crippen molar-refractivity contribution in [3.05, 3.63) is 15.6 Å². The Labute approximate surface area is 90.0 Å². The maximum atomic E-state index is 4.63. The lowest BCUT2D eigenvalue weighted by Gasteiger charge is -1.94. The van der Waals surface area contributed by atoms with Crippen LogP contribution in [0.4, 0.5) is 0 Å². The van der Waals surface area contributed by atoms with Crippen LogP contribution < -0.4 is 0 Å². The van der Waals surface area contributed by atoms with Crippen molar-refractivity contribution in [2.24, 2.45) is 0 Å². The van der Waals surface area contributed by atoms with Crippen LogP contribution in [0.25, 0.3) is 0 Å². The Hall–Kier alpha value is -0.0200. The number of hydrogen-bond donors (Lipinski definition) is 1. The van der Waals surface area contributed by atoms with E-state index in [0.29, 0.717) is 0 Å². The molecule has 0 aliphatic rings. The number of aromatic nitrogens is 1. The van der Waals surface area contributed by atoms with Crippen LogP contribution in [0.3, 0.4) is 0 Å². The number of thiazole rings is 1. The van der Waals surface area contributed by atoms with E-state index in [1.807, 2.05) is 11.3 Å². The number of rotatable bonds is 5. The zero-order valence-corrected chi connectivity index (χ0v) is 10.0. The second-order valence-electron chi connectivity index (χ2n) is 3.14. The van der Waals surface area contributed by atoms with E-state index in [0.717, 1.165) is 18.6 Å². The molecule has 0 unspecified atom stereocenters. The summed E-state index contributed by atoms with van der Waals surface area (Å²) in [5, 5.41) is 1.29. The van der Waals surface area contributed by atoms with Gasteiger partial charge in [-0.25, -0.2) is 4.98 Å². The fraction of sp³-hybridized carbons (Fsp3) is 0.700. The maximum absolute atomic E-state index is 4.63. The van der Waals surface area contributed by atoms with Gasteiger partial charge in [-0.15, -0.1) is 11.3 Å². The molecule has 0 aliphatic carbocycles. The Bertz CT molecular complexity index is 255.